The third-order valence-electron chi connectivity index (χ3n) is 3.32. The fourth-order valence-corrected chi connectivity index (χ4v) is 3.19. The van der Waals surface area contributed by atoms with Gasteiger partial charge in [-0.2, -0.15) is 0 Å². The van der Waals surface area contributed by atoms with E-state index in [2.05, 4.69) is 15.3 Å². The van der Waals surface area contributed by atoms with Crippen molar-refractivity contribution < 1.29 is 14.6 Å². The molecule has 2 aromatic heterocycles. The maximum absolute atomic E-state index is 11.4. The van der Waals surface area contributed by atoms with Crippen LogP contribution in [-0.4, -0.2) is 34.7 Å². The Balaban J connectivity index is 2.06. The fourth-order valence-electron chi connectivity index (χ4n) is 2.18. The van der Waals surface area contributed by atoms with Crippen LogP contribution >= 0.6 is 11.3 Å². The average Bonchev–Trinajstić information content (AvgIpc) is 3.06. The minimum absolute atomic E-state index is 0.437. The Hall–Kier alpha value is -2.77. The lowest BCUT2D eigenvalue weighted by Gasteiger charge is -2.04. The van der Waals surface area contributed by atoms with Gasteiger partial charge in [-0.25, -0.2) is 4.98 Å². The first-order chi connectivity index (χ1) is 11.7. The monoisotopic (exact) mass is 341 g/mol. The van der Waals surface area contributed by atoms with Crippen molar-refractivity contribution in [3.63, 3.8) is 0 Å². The normalized spacial score (nSPS) is 10.4. The minimum atomic E-state index is -0.581. The van der Waals surface area contributed by atoms with Crippen molar-refractivity contribution in [1.82, 2.24) is 9.97 Å². The highest BCUT2D eigenvalue weighted by atomic mass is 32.1. The molecule has 0 saturated carbocycles. The number of aliphatic hydroxyl groups is 1. The summed E-state index contributed by atoms with van der Waals surface area (Å²) in [6.45, 7) is -0.581. The van der Waals surface area contributed by atoms with Crippen LogP contribution in [0.5, 0.6) is 5.75 Å². The summed E-state index contributed by atoms with van der Waals surface area (Å²) in [7, 11) is 1.61. The minimum Gasteiger partial charge on any atom is -0.497 e. The Labute approximate surface area is 142 Å². The largest absolute Gasteiger partial charge is 0.497 e. The summed E-state index contributed by atoms with van der Waals surface area (Å²) in [6.07, 6.45) is 3.41. The van der Waals surface area contributed by atoms with Gasteiger partial charge in [0.25, 0.3) is 5.91 Å². The molecule has 6 nitrogen and oxygen atoms in total. The molecule has 0 saturated heterocycles. The molecule has 2 heterocycles. The van der Waals surface area contributed by atoms with E-state index in [0.29, 0.717) is 5.13 Å². The third kappa shape index (κ3) is 3.42. The van der Waals surface area contributed by atoms with Crippen LogP contribution < -0.4 is 10.1 Å². The number of aromatic nitrogens is 2. The van der Waals surface area contributed by atoms with E-state index < -0.39 is 12.5 Å². The quantitative estimate of drug-likeness (QED) is 0.745. The van der Waals surface area contributed by atoms with E-state index in [0.717, 1.165) is 27.4 Å². The van der Waals surface area contributed by atoms with E-state index in [-0.39, 0.29) is 0 Å². The van der Waals surface area contributed by atoms with Crippen LogP contribution in [0, 0.1) is 0 Å². The molecule has 0 unspecified atom stereocenters. The van der Waals surface area contributed by atoms with Crippen molar-refractivity contribution in [2.45, 2.75) is 0 Å². The van der Waals surface area contributed by atoms with Gasteiger partial charge < -0.3 is 9.84 Å². The van der Waals surface area contributed by atoms with E-state index in [4.69, 9.17) is 9.84 Å². The number of nitrogens with one attached hydrogen (secondary N) is 1. The predicted molar refractivity (Wildman–Crippen MR) is 93.0 cm³/mol. The number of amides is 1. The Bertz CT molecular complexity index is 832. The second kappa shape index (κ2) is 7.20. The van der Waals surface area contributed by atoms with Gasteiger partial charge in [-0.05, 0) is 42.0 Å². The number of pyridine rings is 1. The van der Waals surface area contributed by atoms with Crippen LogP contribution in [0.4, 0.5) is 5.13 Å². The Morgan fingerprint density at radius 1 is 1.17 bits per heavy atom. The number of hydrogen-bond donors (Lipinski definition) is 2. The summed E-state index contributed by atoms with van der Waals surface area (Å²) >= 11 is 1.35. The van der Waals surface area contributed by atoms with Gasteiger partial charge in [0.1, 0.15) is 12.4 Å². The van der Waals surface area contributed by atoms with Crippen LogP contribution in [0.2, 0.25) is 0 Å². The molecular formula is C17H15N3O3S. The molecule has 0 spiro atoms. The van der Waals surface area contributed by atoms with Gasteiger partial charge in [-0.1, -0.05) is 11.3 Å². The summed E-state index contributed by atoms with van der Waals surface area (Å²) in [4.78, 5) is 20.9. The van der Waals surface area contributed by atoms with Crippen LogP contribution in [0.15, 0.2) is 48.8 Å². The topological polar surface area (TPSA) is 84.3 Å². The highest BCUT2D eigenvalue weighted by Gasteiger charge is 2.16. The molecule has 24 heavy (non-hydrogen) atoms. The van der Waals surface area contributed by atoms with Crippen molar-refractivity contribution >= 4 is 22.4 Å². The van der Waals surface area contributed by atoms with Gasteiger partial charge in [0.05, 0.1) is 17.7 Å². The molecule has 0 radical (unpaired) electrons. The van der Waals surface area contributed by atoms with Gasteiger partial charge in [0.2, 0.25) is 0 Å². The zero-order valence-corrected chi connectivity index (χ0v) is 13.7. The number of ether oxygens (including phenoxy) is 1. The summed E-state index contributed by atoms with van der Waals surface area (Å²) in [5, 5.41) is 11.9. The molecule has 0 fully saturated rings. The first kappa shape index (κ1) is 16.1. The van der Waals surface area contributed by atoms with Crippen molar-refractivity contribution in [2.24, 2.45) is 0 Å². The van der Waals surface area contributed by atoms with Crippen LogP contribution in [0.3, 0.4) is 0 Å². The number of carbonyl (C=O) groups excluding carboxylic acids is 1. The third-order valence-corrected chi connectivity index (χ3v) is 4.34. The maximum Gasteiger partial charge on any atom is 0.251 e. The molecule has 7 heteroatoms. The molecule has 0 aliphatic carbocycles. The number of aliphatic hydroxyl groups excluding tert-OH is 1. The van der Waals surface area contributed by atoms with E-state index in [1.807, 2.05) is 36.4 Å². The second-order valence-corrected chi connectivity index (χ2v) is 5.87. The number of rotatable bonds is 5. The molecular weight excluding hydrogens is 326 g/mol. The number of methoxy groups -OCH3 is 1. The highest BCUT2D eigenvalue weighted by Crippen LogP contribution is 2.39. The molecule has 1 amide bonds. The molecule has 0 aliphatic heterocycles. The van der Waals surface area contributed by atoms with E-state index in [1.165, 1.54) is 11.3 Å². The lowest BCUT2D eigenvalue weighted by Crippen LogP contribution is -2.15. The molecule has 3 aromatic rings. The maximum atomic E-state index is 11.4. The zero-order valence-electron chi connectivity index (χ0n) is 12.9. The number of benzene rings is 1. The Morgan fingerprint density at radius 3 is 2.50 bits per heavy atom. The first-order valence-corrected chi connectivity index (χ1v) is 7.99. The number of nitrogens with zero attached hydrogens (tertiary/aromatic N) is 2. The van der Waals surface area contributed by atoms with Crippen LogP contribution in [-0.2, 0) is 4.79 Å². The molecule has 0 aliphatic rings. The van der Waals surface area contributed by atoms with E-state index in [9.17, 15) is 4.79 Å². The average molecular weight is 341 g/mol. The van der Waals surface area contributed by atoms with E-state index >= 15 is 0 Å². The van der Waals surface area contributed by atoms with Crippen molar-refractivity contribution in [2.75, 3.05) is 19.0 Å². The van der Waals surface area contributed by atoms with Crippen LogP contribution in [0.25, 0.3) is 21.7 Å². The van der Waals surface area contributed by atoms with Crippen molar-refractivity contribution in [1.29, 1.82) is 0 Å². The lowest BCUT2D eigenvalue weighted by atomic mass is 10.1. The molecule has 0 bridgehead atoms. The van der Waals surface area contributed by atoms with Gasteiger partial charge in [-0.3, -0.25) is 15.1 Å². The van der Waals surface area contributed by atoms with Gasteiger partial charge in [0.15, 0.2) is 5.13 Å². The Kier molecular flexibility index (Phi) is 4.83. The molecule has 3 rings (SSSR count). The Morgan fingerprint density at radius 2 is 1.88 bits per heavy atom. The number of carbonyl (C=O) groups is 1. The predicted octanol–water partition coefficient (Wildman–Crippen LogP) is 2.81. The molecule has 122 valence electrons. The fraction of sp³-hybridized carbons (Fsp3) is 0.118. The van der Waals surface area contributed by atoms with Gasteiger partial charge in [-0.15, -0.1) is 0 Å². The number of anilines is 1. The number of hydrogen-bond acceptors (Lipinski definition) is 6. The zero-order chi connectivity index (χ0) is 16.9. The summed E-state index contributed by atoms with van der Waals surface area (Å²) in [5.74, 6) is 0.263. The smallest absolute Gasteiger partial charge is 0.251 e. The summed E-state index contributed by atoms with van der Waals surface area (Å²) < 4.78 is 5.18. The summed E-state index contributed by atoms with van der Waals surface area (Å²) in [6, 6.07) is 11.3. The standard InChI is InChI=1S/C17H15N3O3S/c1-23-13-4-2-11(3-5-13)15-16(12-6-8-18-9-7-12)24-17(20-15)19-14(22)10-21/h2-9,21H,10H2,1H3,(H,19,20,22). The van der Waals surface area contributed by atoms with Gasteiger partial charge >= 0.3 is 0 Å². The van der Waals surface area contributed by atoms with Gasteiger partial charge in [0, 0.05) is 18.0 Å². The first-order valence-electron chi connectivity index (χ1n) is 7.17. The lowest BCUT2D eigenvalue weighted by molar-refractivity contribution is -0.118. The SMILES string of the molecule is COc1ccc(-c2nc(NC(=O)CO)sc2-c2ccncc2)cc1. The van der Waals surface area contributed by atoms with E-state index in [1.54, 1.807) is 19.5 Å². The number of thiazole rings is 1. The van der Waals surface area contributed by atoms with Crippen LogP contribution in [0.1, 0.15) is 0 Å². The summed E-state index contributed by atoms with van der Waals surface area (Å²) in [5.41, 5.74) is 2.61. The highest BCUT2D eigenvalue weighted by molar-refractivity contribution is 7.19. The second-order valence-electron chi connectivity index (χ2n) is 4.87. The molecule has 0 atom stereocenters. The molecule has 1 aromatic carbocycles. The van der Waals surface area contributed by atoms with Crippen molar-refractivity contribution in [3.05, 3.63) is 48.8 Å². The molecule has 2 N–H and O–H groups in total. The van der Waals surface area contributed by atoms with Crippen molar-refractivity contribution in [3.8, 4) is 27.4 Å².